The molecule has 5 heteroatoms. The summed E-state index contributed by atoms with van der Waals surface area (Å²) in [6.45, 7) is 0. The minimum atomic E-state index is -0.526. The summed E-state index contributed by atoms with van der Waals surface area (Å²) in [5.41, 5.74) is 7.47. The van der Waals surface area contributed by atoms with Crippen molar-refractivity contribution in [3.8, 4) is 0 Å². The van der Waals surface area contributed by atoms with Gasteiger partial charge in [0.15, 0.2) is 0 Å². The van der Waals surface area contributed by atoms with Crippen LogP contribution in [0, 0.1) is 5.92 Å². The van der Waals surface area contributed by atoms with Crippen molar-refractivity contribution in [2.24, 2.45) is 11.7 Å². The highest BCUT2D eigenvalue weighted by atomic mass is 79.9. The van der Waals surface area contributed by atoms with E-state index < -0.39 is 5.92 Å². The number of nitrogens with one attached hydrogen (secondary N) is 1. The number of carbonyl (C=O) groups excluding carboxylic acids is 1. The summed E-state index contributed by atoms with van der Waals surface area (Å²) >= 11 is 8.41. The average molecular weight is 363 g/mol. The van der Waals surface area contributed by atoms with Gasteiger partial charge in [-0.05, 0) is 30.2 Å². The standard InChI is InChI=1S/C16H15BrN2OS/c17-12-7-4-8-13(10-12)19-16(20)14(15(18)21)9-11-5-2-1-3-6-11/h1-8,10,14H,9H2,(H2,18,21)(H,19,20). The first-order valence-electron chi connectivity index (χ1n) is 6.46. The van der Waals surface area contributed by atoms with Crippen molar-refractivity contribution in [1.29, 1.82) is 0 Å². The van der Waals surface area contributed by atoms with E-state index in [0.29, 0.717) is 12.1 Å². The van der Waals surface area contributed by atoms with Crippen LogP contribution in [0.4, 0.5) is 5.69 Å². The van der Waals surface area contributed by atoms with Crippen molar-refractivity contribution in [1.82, 2.24) is 0 Å². The van der Waals surface area contributed by atoms with Crippen molar-refractivity contribution in [3.63, 3.8) is 0 Å². The molecule has 0 aromatic heterocycles. The van der Waals surface area contributed by atoms with Crippen LogP contribution in [-0.4, -0.2) is 10.9 Å². The zero-order chi connectivity index (χ0) is 15.2. The summed E-state index contributed by atoms with van der Waals surface area (Å²) in [7, 11) is 0. The molecule has 0 bridgehead atoms. The number of rotatable bonds is 5. The molecule has 1 atom stereocenters. The van der Waals surface area contributed by atoms with E-state index in [1.54, 1.807) is 0 Å². The molecular weight excluding hydrogens is 348 g/mol. The highest BCUT2D eigenvalue weighted by molar-refractivity contribution is 9.10. The molecule has 21 heavy (non-hydrogen) atoms. The molecular formula is C16H15BrN2OS. The monoisotopic (exact) mass is 362 g/mol. The zero-order valence-corrected chi connectivity index (χ0v) is 13.7. The Kier molecular flexibility index (Phi) is 5.47. The van der Waals surface area contributed by atoms with Crippen molar-refractivity contribution >= 4 is 44.7 Å². The number of hydrogen-bond donors (Lipinski definition) is 2. The fourth-order valence-electron chi connectivity index (χ4n) is 1.97. The number of anilines is 1. The number of carbonyl (C=O) groups is 1. The number of thiocarbonyl (C=S) groups is 1. The van der Waals surface area contributed by atoms with Gasteiger partial charge in [-0.15, -0.1) is 0 Å². The molecule has 1 unspecified atom stereocenters. The first-order valence-corrected chi connectivity index (χ1v) is 7.66. The Morgan fingerprint density at radius 3 is 2.52 bits per heavy atom. The van der Waals surface area contributed by atoms with Crippen LogP contribution < -0.4 is 11.1 Å². The van der Waals surface area contributed by atoms with Crippen LogP contribution in [0.15, 0.2) is 59.1 Å². The average Bonchev–Trinajstić information content (AvgIpc) is 2.45. The first-order chi connectivity index (χ1) is 10.1. The third-order valence-corrected chi connectivity index (χ3v) is 3.81. The zero-order valence-electron chi connectivity index (χ0n) is 11.3. The minimum absolute atomic E-state index is 0.190. The number of hydrogen-bond acceptors (Lipinski definition) is 2. The van der Waals surface area contributed by atoms with E-state index in [9.17, 15) is 4.79 Å². The Morgan fingerprint density at radius 2 is 1.90 bits per heavy atom. The van der Waals surface area contributed by atoms with Gasteiger partial charge < -0.3 is 11.1 Å². The van der Waals surface area contributed by atoms with Gasteiger partial charge in [-0.1, -0.05) is 64.5 Å². The molecule has 0 saturated carbocycles. The summed E-state index contributed by atoms with van der Waals surface area (Å²) in [6, 6.07) is 17.1. The molecule has 0 spiro atoms. The molecule has 0 saturated heterocycles. The molecule has 0 aliphatic rings. The van der Waals surface area contributed by atoms with Gasteiger partial charge in [0.2, 0.25) is 5.91 Å². The van der Waals surface area contributed by atoms with Crippen molar-refractivity contribution < 1.29 is 4.79 Å². The third kappa shape index (κ3) is 4.65. The third-order valence-electron chi connectivity index (χ3n) is 3.03. The van der Waals surface area contributed by atoms with Crippen LogP contribution in [0.1, 0.15) is 5.56 Å². The molecule has 3 N–H and O–H groups in total. The van der Waals surface area contributed by atoms with Crippen molar-refractivity contribution in [2.75, 3.05) is 5.32 Å². The molecule has 2 rings (SSSR count). The van der Waals surface area contributed by atoms with Gasteiger partial charge in [-0.2, -0.15) is 0 Å². The summed E-state index contributed by atoms with van der Waals surface area (Å²) in [4.78, 5) is 12.6. The Bertz CT molecular complexity index is 646. The number of halogens is 1. The number of benzene rings is 2. The van der Waals surface area contributed by atoms with Gasteiger partial charge in [-0.3, -0.25) is 4.79 Å². The molecule has 0 aliphatic heterocycles. The summed E-state index contributed by atoms with van der Waals surface area (Å²) in [5, 5.41) is 2.85. The summed E-state index contributed by atoms with van der Waals surface area (Å²) < 4.78 is 0.898. The second kappa shape index (κ2) is 7.33. The van der Waals surface area contributed by atoms with E-state index in [1.165, 1.54) is 0 Å². The lowest BCUT2D eigenvalue weighted by Crippen LogP contribution is -2.34. The smallest absolute Gasteiger partial charge is 0.234 e. The lowest BCUT2D eigenvalue weighted by atomic mass is 9.98. The molecule has 2 aromatic rings. The molecule has 1 amide bonds. The van der Waals surface area contributed by atoms with Crippen LogP contribution in [0.2, 0.25) is 0 Å². The molecule has 0 aliphatic carbocycles. The predicted octanol–water partition coefficient (Wildman–Crippen LogP) is 3.53. The van der Waals surface area contributed by atoms with E-state index in [2.05, 4.69) is 21.2 Å². The summed E-state index contributed by atoms with van der Waals surface area (Å²) in [5.74, 6) is -0.717. The second-order valence-electron chi connectivity index (χ2n) is 4.64. The Hall–Kier alpha value is -1.72. The molecule has 0 fully saturated rings. The van der Waals surface area contributed by atoms with Crippen LogP contribution in [0.3, 0.4) is 0 Å². The van der Waals surface area contributed by atoms with E-state index in [1.807, 2.05) is 54.6 Å². The van der Waals surface area contributed by atoms with Crippen molar-refractivity contribution in [3.05, 3.63) is 64.6 Å². The van der Waals surface area contributed by atoms with Crippen LogP contribution in [0.25, 0.3) is 0 Å². The largest absolute Gasteiger partial charge is 0.393 e. The molecule has 2 aromatic carbocycles. The van der Waals surface area contributed by atoms with E-state index in [4.69, 9.17) is 18.0 Å². The van der Waals surface area contributed by atoms with E-state index >= 15 is 0 Å². The molecule has 0 heterocycles. The SMILES string of the molecule is NC(=S)C(Cc1ccccc1)C(=O)Nc1cccc(Br)c1. The maximum absolute atomic E-state index is 12.4. The normalized spacial score (nSPS) is 11.7. The maximum atomic E-state index is 12.4. The van der Waals surface area contributed by atoms with Gasteiger partial charge in [0, 0.05) is 10.2 Å². The van der Waals surface area contributed by atoms with E-state index in [0.717, 1.165) is 10.0 Å². The minimum Gasteiger partial charge on any atom is -0.393 e. The van der Waals surface area contributed by atoms with Crippen LogP contribution in [-0.2, 0) is 11.2 Å². The van der Waals surface area contributed by atoms with Gasteiger partial charge in [0.1, 0.15) is 0 Å². The highest BCUT2D eigenvalue weighted by Crippen LogP contribution is 2.17. The van der Waals surface area contributed by atoms with Gasteiger partial charge in [0.05, 0.1) is 10.9 Å². The lowest BCUT2D eigenvalue weighted by Gasteiger charge is -2.16. The van der Waals surface area contributed by atoms with E-state index in [-0.39, 0.29) is 10.9 Å². The predicted molar refractivity (Wildman–Crippen MR) is 93.2 cm³/mol. The highest BCUT2D eigenvalue weighted by Gasteiger charge is 2.22. The van der Waals surface area contributed by atoms with Gasteiger partial charge in [-0.25, -0.2) is 0 Å². The Labute approximate surface area is 137 Å². The molecule has 0 radical (unpaired) electrons. The Morgan fingerprint density at radius 1 is 1.19 bits per heavy atom. The lowest BCUT2D eigenvalue weighted by molar-refractivity contribution is -0.118. The maximum Gasteiger partial charge on any atom is 0.234 e. The van der Waals surface area contributed by atoms with Crippen LogP contribution in [0.5, 0.6) is 0 Å². The Balaban J connectivity index is 2.11. The quantitative estimate of drug-likeness (QED) is 0.799. The van der Waals surface area contributed by atoms with Gasteiger partial charge >= 0.3 is 0 Å². The van der Waals surface area contributed by atoms with Crippen molar-refractivity contribution in [2.45, 2.75) is 6.42 Å². The van der Waals surface area contributed by atoms with Crippen LogP contribution >= 0.6 is 28.1 Å². The summed E-state index contributed by atoms with van der Waals surface area (Å²) in [6.07, 6.45) is 0.496. The fourth-order valence-corrected chi connectivity index (χ4v) is 2.56. The topological polar surface area (TPSA) is 55.1 Å². The molecule has 3 nitrogen and oxygen atoms in total. The van der Waals surface area contributed by atoms with Gasteiger partial charge in [0.25, 0.3) is 0 Å². The number of amides is 1. The first kappa shape index (κ1) is 15.7. The molecule has 108 valence electrons. The fraction of sp³-hybridized carbons (Fsp3) is 0.125. The number of nitrogens with two attached hydrogens (primary N) is 1. The second-order valence-corrected chi connectivity index (χ2v) is 6.03.